The van der Waals surface area contributed by atoms with Gasteiger partial charge in [0.05, 0.1) is 11.6 Å². The third kappa shape index (κ3) is 2.61. The van der Waals surface area contributed by atoms with Crippen molar-refractivity contribution >= 4 is 6.09 Å². The molecule has 1 fully saturated rings. The number of ether oxygens (including phenoxy) is 1. The molecule has 0 N–H and O–H groups in total. The van der Waals surface area contributed by atoms with Gasteiger partial charge in [0.1, 0.15) is 5.60 Å². The van der Waals surface area contributed by atoms with Crippen LogP contribution in [0.5, 0.6) is 0 Å². The maximum absolute atomic E-state index is 12.8. The number of amides is 1. The number of carbonyl (C=O) groups excluding carboxylic acids is 1. The highest BCUT2D eigenvalue weighted by atomic mass is 16.6. The molecule has 2 unspecified atom stereocenters. The van der Waals surface area contributed by atoms with E-state index in [0.717, 1.165) is 18.4 Å². The van der Waals surface area contributed by atoms with Crippen LogP contribution < -0.4 is 0 Å². The van der Waals surface area contributed by atoms with Crippen molar-refractivity contribution < 1.29 is 9.53 Å². The van der Waals surface area contributed by atoms with E-state index in [1.165, 1.54) is 11.1 Å². The number of carbonyl (C=O) groups is 1. The first-order chi connectivity index (χ1) is 11.5. The van der Waals surface area contributed by atoms with Crippen LogP contribution in [-0.2, 0) is 16.6 Å². The molecule has 4 nitrogen and oxygen atoms in total. The minimum Gasteiger partial charge on any atom is -0.444 e. The molecule has 1 aromatic carbocycles. The summed E-state index contributed by atoms with van der Waals surface area (Å²) in [6, 6.07) is 8.43. The van der Waals surface area contributed by atoms with Gasteiger partial charge in [0, 0.05) is 18.0 Å². The minimum atomic E-state index is -0.497. The van der Waals surface area contributed by atoms with E-state index >= 15 is 0 Å². The van der Waals surface area contributed by atoms with Gasteiger partial charge in [0.2, 0.25) is 0 Å². The lowest BCUT2D eigenvalue weighted by Crippen LogP contribution is -2.65. The fourth-order valence-corrected chi connectivity index (χ4v) is 4.65. The van der Waals surface area contributed by atoms with Crippen LogP contribution in [0.2, 0.25) is 0 Å². The second-order valence-electron chi connectivity index (χ2n) is 9.15. The lowest BCUT2D eigenvalue weighted by Gasteiger charge is -2.60. The number of hydrogen-bond acceptors (Lipinski definition) is 3. The van der Waals surface area contributed by atoms with E-state index in [2.05, 4.69) is 32.9 Å². The summed E-state index contributed by atoms with van der Waals surface area (Å²) < 4.78 is 5.66. The fraction of sp³-hybridized carbons (Fsp3) is 0.619. The Kier molecular flexibility index (Phi) is 3.91. The van der Waals surface area contributed by atoms with Crippen LogP contribution in [0.25, 0.3) is 0 Å². The van der Waals surface area contributed by atoms with Gasteiger partial charge < -0.3 is 9.64 Å². The molecule has 3 rings (SSSR count). The zero-order valence-electron chi connectivity index (χ0n) is 16.1. The molecule has 0 saturated carbocycles. The highest BCUT2D eigenvalue weighted by Gasteiger charge is 2.58. The van der Waals surface area contributed by atoms with Crippen LogP contribution in [0.4, 0.5) is 4.79 Å². The fourth-order valence-electron chi connectivity index (χ4n) is 4.65. The molecule has 0 radical (unpaired) electrons. The van der Waals surface area contributed by atoms with Gasteiger partial charge in [-0.25, -0.2) is 4.79 Å². The summed E-state index contributed by atoms with van der Waals surface area (Å²) in [5.74, 6) is 0. The van der Waals surface area contributed by atoms with Crippen molar-refractivity contribution in [3.05, 3.63) is 34.9 Å². The monoisotopic (exact) mass is 340 g/mol. The van der Waals surface area contributed by atoms with E-state index in [-0.39, 0.29) is 23.0 Å². The lowest BCUT2D eigenvalue weighted by atomic mass is 9.50. The second-order valence-corrected chi connectivity index (χ2v) is 9.15. The summed E-state index contributed by atoms with van der Waals surface area (Å²) in [6.07, 6.45) is 1.38. The van der Waals surface area contributed by atoms with Crippen molar-refractivity contribution in [2.24, 2.45) is 5.41 Å². The Morgan fingerprint density at radius 3 is 2.60 bits per heavy atom. The number of hydrogen-bond donors (Lipinski definition) is 0. The maximum atomic E-state index is 12.8. The Balaban J connectivity index is 2.07. The van der Waals surface area contributed by atoms with Crippen molar-refractivity contribution in [3.8, 4) is 6.07 Å². The molecule has 4 heteroatoms. The van der Waals surface area contributed by atoms with E-state index in [0.29, 0.717) is 6.54 Å². The number of fused-ring (bicyclic) bond motifs is 4. The first kappa shape index (κ1) is 17.8. The van der Waals surface area contributed by atoms with Gasteiger partial charge in [-0.1, -0.05) is 32.9 Å². The predicted octanol–water partition coefficient (Wildman–Crippen LogP) is 4.41. The Labute approximate surface area is 150 Å². The summed E-state index contributed by atoms with van der Waals surface area (Å²) in [7, 11) is 0. The molecule has 1 aliphatic heterocycles. The molecule has 1 aliphatic carbocycles. The average Bonchev–Trinajstić information content (AvgIpc) is 2.48. The molecule has 134 valence electrons. The topological polar surface area (TPSA) is 53.3 Å². The quantitative estimate of drug-likeness (QED) is 0.703. The average molecular weight is 340 g/mol. The van der Waals surface area contributed by atoms with Crippen LogP contribution in [-0.4, -0.2) is 29.2 Å². The zero-order chi connectivity index (χ0) is 18.6. The molecule has 0 spiro atoms. The summed E-state index contributed by atoms with van der Waals surface area (Å²) in [5.41, 5.74) is 2.39. The molecular weight excluding hydrogens is 312 g/mol. The van der Waals surface area contributed by atoms with Crippen molar-refractivity contribution in [3.63, 3.8) is 0 Å². The van der Waals surface area contributed by atoms with Crippen LogP contribution in [0, 0.1) is 16.7 Å². The standard InChI is InChI=1S/C21H28N2O2/c1-19(2,3)25-18(24)23-11-10-21(6)17-14(8-7-9-15(17)13-22)12-16(23)20(21,4)5/h7-9,16H,10-12H2,1-6H3. The van der Waals surface area contributed by atoms with E-state index in [9.17, 15) is 10.1 Å². The Hall–Kier alpha value is -2.02. The van der Waals surface area contributed by atoms with E-state index in [1.807, 2.05) is 37.8 Å². The van der Waals surface area contributed by atoms with Gasteiger partial charge in [-0.05, 0) is 56.2 Å². The van der Waals surface area contributed by atoms with Gasteiger partial charge in [-0.15, -0.1) is 0 Å². The molecule has 1 aromatic rings. The lowest BCUT2D eigenvalue weighted by molar-refractivity contribution is -0.0522. The molecule has 2 aliphatic rings. The number of rotatable bonds is 0. The highest BCUT2D eigenvalue weighted by Crippen LogP contribution is 2.56. The maximum Gasteiger partial charge on any atom is 0.410 e. The van der Waals surface area contributed by atoms with Crippen LogP contribution >= 0.6 is 0 Å². The van der Waals surface area contributed by atoms with Gasteiger partial charge in [-0.3, -0.25) is 0 Å². The summed E-state index contributed by atoms with van der Waals surface area (Å²) in [4.78, 5) is 14.7. The predicted molar refractivity (Wildman–Crippen MR) is 97.3 cm³/mol. The van der Waals surface area contributed by atoms with Crippen LogP contribution in [0.15, 0.2) is 18.2 Å². The van der Waals surface area contributed by atoms with E-state index in [1.54, 1.807) is 0 Å². The molecule has 2 bridgehead atoms. The Morgan fingerprint density at radius 1 is 1.32 bits per heavy atom. The first-order valence-electron chi connectivity index (χ1n) is 9.03. The van der Waals surface area contributed by atoms with Crippen molar-refractivity contribution in [2.45, 2.75) is 71.4 Å². The number of piperidine rings is 1. The summed E-state index contributed by atoms with van der Waals surface area (Å²) >= 11 is 0. The zero-order valence-corrected chi connectivity index (χ0v) is 16.1. The molecule has 1 saturated heterocycles. The molecular formula is C21H28N2O2. The Morgan fingerprint density at radius 2 is 2.00 bits per heavy atom. The number of nitriles is 1. The van der Waals surface area contributed by atoms with E-state index in [4.69, 9.17) is 4.74 Å². The summed E-state index contributed by atoms with van der Waals surface area (Å²) in [5, 5.41) is 9.61. The van der Waals surface area contributed by atoms with Crippen LogP contribution in [0.3, 0.4) is 0 Å². The molecule has 0 aromatic heterocycles. The Bertz CT molecular complexity index is 754. The number of likely N-dealkylation sites (tertiary alicyclic amines) is 1. The second kappa shape index (κ2) is 5.49. The molecule has 1 amide bonds. The number of benzene rings is 1. The summed E-state index contributed by atoms with van der Waals surface area (Å²) in [6.45, 7) is 13.1. The molecule has 2 atom stereocenters. The SMILES string of the molecule is CC(C)(C)OC(=O)N1CCC2(C)c3c(C#N)cccc3CC1C2(C)C. The van der Waals surface area contributed by atoms with Crippen LogP contribution in [0.1, 0.15) is 64.7 Å². The first-order valence-corrected chi connectivity index (χ1v) is 9.03. The van der Waals surface area contributed by atoms with Gasteiger partial charge in [0.25, 0.3) is 0 Å². The van der Waals surface area contributed by atoms with Gasteiger partial charge >= 0.3 is 6.09 Å². The molecule has 1 heterocycles. The smallest absolute Gasteiger partial charge is 0.410 e. The van der Waals surface area contributed by atoms with E-state index < -0.39 is 5.60 Å². The normalized spacial score (nSPS) is 27.2. The third-order valence-corrected chi connectivity index (χ3v) is 6.35. The van der Waals surface area contributed by atoms with Crippen molar-refractivity contribution in [1.82, 2.24) is 4.90 Å². The van der Waals surface area contributed by atoms with Crippen molar-refractivity contribution in [2.75, 3.05) is 6.54 Å². The minimum absolute atomic E-state index is 0.0718. The highest BCUT2D eigenvalue weighted by molar-refractivity contribution is 5.70. The largest absolute Gasteiger partial charge is 0.444 e. The molecule has 25 heavy (non-hydrogen) atoms. The van der Waals surface area contributed by atoms with Crippen molar-refractivity contribution in [1.29, 1.82) is 5.26 Å². The van der Waals surface area contributed by atoms with Gasteiger partial charge in [0.15, 0.2) is 0 Å². The number of nitrogens with zero attached hydrogens (tertiary/aromatic N) is 2. The van der Waals surface area contributed by atoms with Gasteiger partial charge in [-0.2, -0.15) is 5.26 Å². The third-order valence-electron chi connectivity index (χ3n) is 6.35.